The van der Waals surface area contributed by atoms with Gasteiger partial charge >= 0.3 is 0 Å². The molecule has 8 nitrogen and oxygen atoms in total. The molecule has 1 unspecified atom stereocenters. The van der Waals surface area contributed by atoms with E-state index >= 15 is 0 Å². The van der Waals surface area contributed by atoms with E-state index in [1.807, 2.05) is 11.8 Å². The second-order valence-corrected chi connectivity index (χ2v) is 6.17. The monoisotopic (exact) mass is 333 g/mol. The molecule has 0 spiro atoms. The van der Waals surface area contributed by atoms with E-state index in [4.69, 9.17) is 4.74 Å². The molecule has 2 saturated heterocycles. The number of carbonyl (C=O) groups excluding carboxylic acids is 2. The second kappa shape index (κ2) is 7.57. The number of hydrogen-bond donors (Lipinski definition) is 1. The number of aromatic nitrogens is 2. The van der Waals surface area contributed by atoms with Crippen molar-refractivity contribution in [3.63, 3.8) is 0 Å². The van der Waals surface area contributed by atoms with Crippen LogP contribution in [0.15, 0.2) is 6.07 Å². The first-order chi connectivity index (χ1) is 11.7. The van der Waals surface area contributed by atoms with E-state index in [9.17, 15) is 9.59 Å². The highest BCUT2D eigenvalue weighted by Gasteiger charge is 2.21. The van der Waals surface area contributed by atoms with Crippen molar-refractivity contribution in [2.75, 3.05) is 44.2 Å². The minimum atomic E-state index is -0.205. The summed E-state index contributed by atoms with van der Waals surface area (Å²) in [5, 5.41) is 2.89. The van der Waals surface area contributed by atoms with Gasteiger partial charge in [0.05, 0.1) is 6.10 Å². The predicted octanol–water partition coefficient (Wildman–Crippen LogP) is -0.0278. The van der Waals surface area contributed by atoms with Crippen molar-refractivity contribution in [2.45, 2.75) is 25.9 Å². The van der Waals surface area contributed by atoms with Gasteiger partial charge in [-0.1, -0.05) is 0 Å². The van der Waals surface area contributed by atoms with Crippen LogP contribution in [0, 0.1) is 6.92 Å². The maximum absolute atomic E-state index is 12.4. The molecular formula is C16H23N5O3. The van der Waals surface area contributed by atoms with Gasteiger partial charge in [0.2, 0.25) is 12.4 Å². The fourth-order valence-electron chi connectivity index (χ4n) is 2.94. The number of nitrogens with one attached hydrogen (secondary N) is 1. The zero-order valence-electron chi connectivity index (χ0n) is 13.9. The zero-order valence-corrected chi connectivity index (χ0v) is 13.9. The lowest BCUT2D eigenvalue weighted by Gasteiger charge is -2.32. The molecule has 2 fully saturated rings. The Hall–Kier alpha value is -2.22. The third-order valence-electron chi connectivity index (χ3n) is 4.34. The summed E-state index contributed by atoms with van der Waals surface area (Å²) in [6.07, 6.45) is 2.99. The van der Waals surface area contributed by atoms with Crippen LogP contribution in [0.3, 0.4) is 0 Å². The van der Waals surface area contributed by atoms with Crippen LogP contribution in [-0.2, 0) is 9.53 Å². The molecule has 3 rings (SSSR count). The predicted molar refractivity (Wildman–Crippen MR) is 87.9 cm³/mol. The van der Waals surface area contributed by atoms with E-state index in [1.54, 1.807) is 11.0 Å². The Labute approximate surface area is 141 Å². The second-order valence-electron chi connectivity index (χ2n) is 6.17. The summed E-state index contributed by atoms with van der Waals surface area (Å²) in [5.41, 5.74) is 1.12. The van der Waals surface area contributed by atoms with Crippen molar-refractivity contribution >= 4 is 18.3 Å². The Bertz CT molecular complexity index is 595. The van der Waals surface area contributed by atoms with E-state index in [0.29, 0.717) is 44.4 Å². The molecule has 8 heteroatoms. The summed E-state index contributed by atoms with van der Waals surface area (Å²) in [6, 6.07) is 1.69. The number of aryl methyl sites for hydroxylation is 1. The van der Waals surface area contributed by atoms with E-state index in [0.717, 1.165) is 31.6 Å². The first-order valence-corrected chi connectivity index (χ1v) is 8.35. The molecular weight excluding hydrogens is 310 g/mol. The van der Waals surface area contributed by atoms with Gasteiger partial charge in [0.1, 0.15) is 5.69 Å². The summed E-state index contributed by atoms with van der Waals surface area (Å²) in [5.74, 6) is 0.339. The third kappa shape index (κ3) is 4.00. The number of amides is 2. The summed E-state index contributed by atoms with van der Waals surface area (Å²) < 4.78 is 5.51. The van der Waals surface area contributed by atoms with Crippen LogP contribution in [0.4, 0.5) is 5.95 Å². The van der Waals surface area contributed by atoms with Crippen molar-refractivity contribution in [3.05, 3.63) is 17.5 Å². The third-order valence-corrected chi connectivity index (χ3v) is 4.34. The van der Waals surface area contributed by atoms with Crippen LogP contribution in [0.5, 0.6) is 0 Å². The Balaban J connectivity index is 1.64. The summed E-state index contributed by atoms with van der Waals surface area (Å²) >= 11 is 0. The standard InChI is InChI=1S/C16H23N5O3/c1-12-9-14(15(23)17-10-13-3-2-8-24-13)19-16(18-12)21-6-4-20(11-22)5-7-21/h9,11,13H,2-8,10H2,1H3,(H,17,23). The largest absolute Gasteiger partial charge is 0.376 e. The average molecular weight is 333 g/mol. The highest BCUT2D eigenvalue weighted by atomic mass is 16.5. The van der Waals surface area contributed by atoms with Crippen LogP contribution < -0.4 is 10.2 Å². The van der Waals surface area contributed by atoms with Crippen molar-refractivity contribution in [1.29, 1.82) is 0 Å². The molecule has 130 valence electrons. The Kier molecular flexibility index (Phi) is 5.24. The lowest BCUT2D eigenvalue weighted by molar-refractivity contribution is -0.118. The average Bonchev–Trinajstić information content (AvgIpc) is 3.12. The highest BCUT2D eigenvalue weighted by Crippen LogP contribution is 2.14. The number of carbonyl (C=O) groups is 2. The first kappa shape index (κ1) is 16.6. The number of hydrogen-bond acceptors (Lipinski definition) is 6. The van der Waals surface area contributed by atoms with Crippen LogP contribution >= 0.6 is 0 Å². The minimum absolute atomic E-state index is 0.104. The topological polar surface area (TPSA) is 87.7 Å². The lowest BCUT2D eigenvalue weighted by Crippen LogP contribution is -2.46. The number of piperazine rings is 1. The number of anilines is 1. The van der Waals surface area contributed by atoms with Gasteiger partial charge in [-0.05, 0) is 25.8 Å². The normalized spacial score (nSPS) is 21.0. The van der Waals surface area contributed by atoms with Gasteiger partial charge in [-0.3, -0.25) is 9.59 Å². The molecule has 24 heavy (non-hydrogen) atoms. The molecule has 1 aromatic heterocycles. The van der Waals surface area contributed by atoms with Crippen molar-refractivity contribution in [3.8, 4) is 0 Å². The molecule has 0 saturated carbocycles. The zero-order chi connectivity index (χ0) is 16.9. The van der Waals surface area contributed by atoms with Crippen molar-refractivity contribution in [2.24, 2.45) is 0 Å². The van der Waals surface area contributed by atoms with Crippen molar-refractivity contribution in [1.82, 2.24) is 20.2 Å². The van der Waals surface area contributed by atoms with Gasteiger partial charge in [0, 0.05) is 45.0 Å². The Morgan fingerprint density at radius 3 is 2.83 bits per heavy atom. The smallest absolute Gasteiger partial charge is 0.270 e. The molecule has 0 bridgehead atoms. The number of rotatable bonds is 5. The van der Waals surface area contributed by atoms with E-state index < -0.39 is 0 Å². The molecule has 3 heterocycles. The van der Waals surface area contributed by atoms with E-state index in [2.05, 4.69) is 15.3 Å². The maximum Gasteiger partial charge on any atom is 0.270 e. The van der Waals surface area contributed by atoms with E-state index in [-0.39, 0.29) is 12.0 Å². The van der Waals surface area contributed by atoms with E-state index in [1.165, 1.54) is 0 Å². The minimum Gasteiger partial charge on any atom is -0.376 e. The first-order valence-electron chi connectivity index (χ1n) is 8.35. The quantitative estimate of drug-likeness (QED) is 0.762. The van der Waals surface area contributed by atoms with Crippen LogP contribution in [0.25, 0.3) is 0 Å². The summed E-state index contributed by atoms with van der Waals surface area (Å²) in [6.45, 7) is 5.74. The van der Waals surface area contributed by atoms with Crippen LogP contribution in [0.1, 0.15) is 29.0 Å². The van der Waals surface area contributed by atoms with Gasteiger partial charge < -0.3 is 19.9 Å². The Morgan fingerprint density at radius 1 is 1.38 bits per heavy atom. The molecule has 0 aromatic carbocycles. The maximum atomic E-state index is 12.4. The van der Waals surface area contributed by atoms with Crippen LogP contribution in [-0.4, -0.2) is 72.6 Å². The number of ether oxygens (including phenoxy) is 1. The Morgan fingerprint density at radius 2 is 2.17 bits per heavy atom. The molecule has 1 atom stereocenters. The molecule has 2 amide bonds. The number of nitrogens with zero attached hydrogens (tertiary/aromatic N) is 4. The molecule has 2 aliphatic heterocycles. The van der Waals surface area contributed by atoms with Gasteiger partial charge in [0.15, 0.2) is 0 Å². The molecule has 0 aliphatic carbocycles. The summed E-state index contributed by atoms with van der Waals surface area (Å²) in [4.78, 5) is 35.7. The molecule has 2 aliphatic rings. The van der Waals surface area contributed by atoms with Gasteiger partial charge in [0.25, 0.3) is 5.91 Å². The van der Waals surface area contributed by atoms with Crippen molar-refractivity contribution < 1.29 is 14.3 Å². The fourth-order valence-corrected chi connectivity index (χ4v) is 2.94. The molecule has 1 N–H and O–H groups in total. The molecule has 0 radical (unpaired) electrons. The summed E-state index contributed by atoms with van der Waals surface area (Å²) in [7, 11) is 0. The highest BCUT2D eigenvalue weighted by molar-refractivity contribution is 5.92. The van der Waals surface area contributed by atoms with Gasteiger partial charge in [-0.15, -0.1) is 0 Å². The fraction of sp³-hybridized carbons (Fsp3) is 0.625. The SMILES string of the molecule is Cc1cc(C(=O)NCC2CCCO2)nc(N2CCN(C=O)CC2)n1. The molecule has 1 aromatic rings. The van der Waals surface area contributed by atoms with Crippen LogP contribution in [0.2, 0.25) is 0 Å². The van der Waals surface area contributed by atoms with Gasteiger partial charge in [-0.25, -0.2) is 9.97 Å². The van der Waals surface area contributed by atoms with Gasteiger partial charge in [-0.2, -0.15) is 0 Å². The lowest BCUT2D eigenvalue weighted by atomic mass is 10.2.